The van der Waals surface area contributed by atoms with Crippen LogP contribution in [0.3, 0.4) is 0 Å². The first-order valence-corrected chi connectivity index (χ1v) is 8.37. The molecular formula is C14H27N3O2S. The van der Waals surface area contributed by atoms with Crippen molar-refractivity contribution in [2.24, 2.45) is 5.92 Å². The fraction of sp³-hybridized carbons (Fsp3) is 0.857. The second-order valence-electron chi connectivity index (χ2n) is 5.91. The summed E-state index contributed by atoms with van der Waals surface area (Å²) in [5, 5.41) is 6.24. The van der Waals surface area contributed by atoms with Crippen LogP contribution in [0, 0.1) is 5.92 Å². The average molecular weight is 301 g/mol. The molecule has 116 valence electrons. The lowest BCUT2D eigenvalue weighted by molar-refractivity contribution is -0.135. The van der Waals surface area contributed by atoms with Gasteiger partial charge in [0.2, 0.25) is 11.8 Å². The Hall–Kier alpha value is -0.750. The molecule has 0 aromatic heterocycles. The van der Waals surface area contributed by atoms with Gasteiger partial charge in [-0.1, -0.05) is 13.8 Å². The van der Waals surface area contributed by atoms with Gasteiger partial charge in [0.05, 0.1) is 0 Å². The molecule has 6 heteroatoms. The monoisotopic (exact) mass is 301 g/mol. The third kappa shape index (κ3) is 6.13. The second kappa shape index (κ2) is 8.52. The zero-order valence-electron chi connectivity index (χ0n) is 12.9. The first kappa shape index (κ1) is 17.3. The summed E-state index contributed by atoms with van der Waals surface area (Å²) in [6, 6.07) is -0.184. The van der Waals surface area contributed by atoms with E-state index in [4.69, 9.17) is 0 Å². The van der Waals surface area contributed by atoms with Gasteiger partial charge in [0.1, 0.15) is 6.04 Å². The van der Waals surface area contributed by atoms with E-state index in [9.17, 15) is 9.59 Å². The van der Waals surface area contributed by atoms with E-state index in [-0.39, 0.29) is 17.9 Å². The van der Waals surface area contributed by atoms with Crippen molar-refractivity contribution in [1.29, 1.82) is 0 Å². The minimum absolute atomic E-state index is 0.0296. The minimum Gasteiger partial charge on any atom is -0.347 e. The van der Waals surface area contributed by atoms with E-state index in [0.717, 1.165) is 18.1 Å². The number of amides is 2. The molecule has 20 heavy (non-hydrogen) atoms. The maximum Gasteiger partial charge on any atom is 0.244 e. The van der Waals surface area contributed by atoms with Crippen LogP contribution in [0.15, 0.2) is 0 Å². The Morgan fingerprint density at radius 1 is 1.40 bits per heavy atom. The molecule has 2 N–H and O–H groups in total. The Morgan fingerprint density at radius 2 is 2.10 bits per heavy atom. The molecule has 5 nitrogen and oxygen atoms in total. The van der Waals surface area contributed by atoms with Crippen LogP contribution in [-0.2, 0) is 9.59 Å². The van der Waals surface area contributed by atoms with Gasteiger partial charge in [0, 0.05) is 44.6 Å². The number of hydrogen-bond acceptors (Lipinski definition) is 4. The smallest absolute Gasteiger partial charge is 0.244 e. The van der Waals surface area contributed by atoms with Crippen molar-refractivity contribution >= 4 is 23.6 Å². The zero-order valence-corrected chi connectivity index (χ0v) is 13.8. The topological polar surface area (TPSA) is 61.4 Å². The quantitative estimate of drug-likeness (QED) is 0.758. The predicted molar refractivity (Wildman–Crippen MR) is 83.8 cm³/mol. The Bertz CT molecular complexity index is 328. The van der Waals surface area contributed by atoms with Crippen LogP contribution in [0.25, 0.3) is 0 Å². The number of carbonyl (C=O) groups is 2. The van der Waals surface area contributed by atoms with Crippen LogP contribution < -0.4 is 10.6 Å². The highest BCUT2D eigenvalue weighted by Crippen LogP contribution is 2.11. The second-order valence-corrected chi connectivity index (χ2v) is 7.06. The van der Waals surface area contributed by atoms with E-state index in [1.807, 2.05) is 11.8 Å². The summed E-state index contributed by atoms with van der Waals surface area (Å²) in [5.74, 6) is 2.37. The van der Waals surface area contributed by atoms with E-state index >= 15 is 0 Å². The summed E-state index contributed by atoms with van der Waals surface area (Å²) in [7, 11) is 3.45. The number of nitrogens with zero attached hydrogens (tertiary/aromatic N) is 1. The van der Waals surface area contributed by atoms with E-state index < -0.39 is 6.04 Å². The average Bonchev–Trinajstić information content (AvgIpc) is 2.37. The molecule has 0 saturated carbocycles. The molecule has 1 rings (SSSR count). The molecule has 1 saturated heterocycles. The number of thioether (sulfide) groups is 1. The van der Waals surface area contributed by atoms with Crippen molar-refractivity contribution in [3.63, 3.8) is 0 Å². The molecule has 1 heterocycles. The molecule has 0 spiro atoms. The van der Waals surface area contributed by atoms with Gasteiger partial charge in [-0.25, -0.2) is 0 Å². The van der Waals surface area contributed by atoms with Gasteiger partial charge >= 0.3 is 0 Å². The maximum atomic E-state index is 12.1. The van der Waals surface area contributed by atoms with Crippen molar-refractivity contribution in [2.75, 3.05) is 32.1 Å². The van der Waals surface area contributed by atoms with Gasteiger partial charge in [-0.3, -0.25) is 9.59 Å². The third-order valence-corrected chi connectivity index (χ3v) is 4.34. The number of likely N-dealkylation sites (N-methyl/N-ethyl adjacent to an activating group) is 1. The fourth-order valence-electron chi connectivity index (χ4n) is 2.23. The number of carbonyl (C=O) groups excluding carboxylic acids is 2. The highest BCUT2D eigenvalue weighted by molar-refractivity contribution is 7.99. The summed E-state index contributed by atoms with van der Waals surface area (Å²) in [6.45, 7) is 5.07. The summed E-state index contributed by atoms with van der Waals surface area (Å²) < 4.78 is 0. The highest BCUT2D eigenvalue weighted by Gasteiger charge is 2.25. The van der Waals surface area contributed by atoms with Crippen molar-refractivity contribution < 1.29 is 9.59 Å². The molecule has 1 aliphatic heterocycles. The summed E-state index contributed by atoms with van der Waals surface area (Å²) in [4.78, 5) is 25.7. The van der Waals surface area contributed by atoms with Gasteiger partial charge in [0.25, 0.3) is 0 Å². The third-order valence-electron chi connectivity index (χ3n) is 3.21. The van der Waals surface area contributed by atoms with E-state index in [1.165, 1.54) is 0 Å². The van der Waals surface area contributed by atoms with Crippen LogP contribution in [0.5, 0.6) is 0 Å². The summed E-state index contributed by atoms with van der Waals surface area (Å²) >= 11 is 1.87. The zero-order chi connectivity index (χ0) is 15.1. The minimum atomic E-state index is -0.409. The van der Waals surface area contributed by atoms with E-state index in [0.29, 0.717) is 18.8 Å². The number of nitrogens with one attached hydrogen (secondary N) is 2. The van der Waals surface area contributed by atoms with E-state index in [2.05, 4.69) is 24.5 Å². The van der Waals surface area contributed by atoms with Gasteiger partial charge in [-0.2, -0.15) is 11.8 Å². The van der Waals surface area contributed by atoms with Crippen molar-refractivity contribution in [3.05, 3.63) is 0 Å². The van der Waals surface area contributed by atoms with Crippen LogP contribution in [-0.4, -0.2) is 60.9 Å². The Kier molecular flexibility index (Phi) is 7.37. The normalized spacial score (nSPS) is 20.6. The standard InChI is InChI=1S/C14H27N3O2S/c1-10(2)7-12(14(19)17(3)4)16-13(18)8-11-9-20-6-5-15-11/h10-12,15H,5-9H2,1-4H3,(H,16,18). The maximum absolute atomic E-state index is 12.1. The number of rotatable bonds is 6. The van der Waals surface area contributed by atoms with Gasteiger partial charge in [-0.15, -0.1) is 0 Å². The highest BCUT2D eigenvalue weighted by atomic mass is 32.2. The molecule has 0 bridgehead atoms. The SMILES string of the molecule is CC(C)CC(NC(=O)CC1CSCCN1)C(=O)N(C)C. The first-order valence-electron chi connectivity index (χ1n) is 7.21. The Labute approximate surface area is 126 Å². The molecule has 2 unspecified atom stereocenters. The van der Waals surface area contributed by atoms with Gasteiger partial charge in [-0.05, 0) is 12.3 Å². The van der Waals surface area contributed by atoms with Crippen LogP contribution in [0.4, 0.5) is 0 Å². The molecule has 0 aromatic rings. The molecule has 1 fully saturated rings. The van der Waals surface area contributed by atoms with Gasteiger partial charge in [0.15, 0.2) is 0 Å². The molecular weight excluding hydrogens is 274 g/mol. The van der Waals surface area contributed by atoms with Crippen molar-refractivity contribution in [3.8, 4) is 0 Å². The van der Waals surface area contributed by atoms with Crippen molar-refractivity contribution in [1.82, 2.24) is 15.5 Å². The van der Waals surface area contributed by atoms with Crippen LogP contribution in [0.2, 0.25) is 0 Å². The summed E-state index contributed by atoms with van der Waals surface area (Å²) in [5.41, 5.74) is 0. The molecule has 2 atom stereocenters. The lowest BCUT2D eigenvalue weighted by atomic mass is 10.0. The lowest BCUT2D eigenvalue weighted by Gasteiger charge is -2.26. The molecule has 0 aliphatic carbocycles. The fourth-order valence-corrected chi connectivity index (χ4v) is 3.18. The van der Waals surface area contributed by atoms with Crippen molar-refractivity contribution in [2.45, 2.75) is 38.8 Å². The molecule has 0 aromatic carbocycles. The molecule has 1 aliphatic rings. The van der Waals surface area contributed by atoms with Gasteiger partial charge < -0.3 is 15.5 Å². The number of hydrogen-bond donors (Lipinski definition) is 2. The Morgan fingerprint density at radius 3 is 2.60 bits per heavy atom. The van der Waals surface area contributed by atoms with Crippen LogP contribution in [0.1, 0.15) is 26.7 Å². The predicted octanol–water partition coefficient (Wildman–Crippen LogP) is 0.701. The Balaban J connectivity index is 2.50. The molecule has 0 radical (unpaired) electrons. The largest absolute Gasteiger partial charge is 0.347 e. The lowest BCUT2D eigenvalue weighted by Crippen LogP contribution is -2.49. The van der Waals surface area contributed by atoms with Crippen LogP contribution >= 0.6 is 11.8 Å². The summed E-state index contributed by atoms with van der Waals surface area (Å²) in [6.07, 6.45) is 1.12. The van der Waals surface area contributed by atoms with E-state index in [1.54, 1.807) is 19.0 Å². The first-order chi connectivity index (χ1) is 9.40. The molecule has 2 amide bonds.